The molecule has 0 radical (unpaired) electrons. The summed E-state index contributed by atoms with van der Waals surface area (Å²) in [5, 5.41) is 7.18. The number of rotatable bonds is 7. The molecule has 15 heavy (non-hydrogen) atoms. The average molecular weight is 233 g/mol. The highest BCUT2D eigenvalue weighted by Gasteiger charge is 2.32. The van der Waals surface area contributed by atoms with E-state index in [0.717, 1.165) is 11.2 Å². The second kappa shape index (κ2) is 5.67. The van der Waals surface area contributed by atoms with Crippen LogP contribution in [0.2, 0.25) is 0 Å². The maximum atomic E-state index is 11.7. The number of hydrogen-bond acceptors (Lipinski definition) is 3. The van der Waals surface area contributed by atoms with Crippen molar-refractivity contribution in [2.45, 2.75) is 12.2 Å². The van der Waals surface area contributed by atoms with Gasteiger partial charge in [0.05, 0.1) is 0 Å². The Morgan fingerprint density at radius 1 is 1.40 bits per heavy atom. The van der Waals surface area contributed by atoms with Gasteiger partial charge in [-0.15, -0.1) is 13.2 Å². The lowest BCUT2D eigenvalue weighted by atomic mass is 10.5. The Bertz CT molecular complexity index is 337. The number of hydrogen-bond donors (Lipinski definition) is 1. The van der Waals surface area contributed by atoms with Crippen LogP contribution in [0.15, 0.2) is 25.3 Å². The number of nitrogens with zero attached hydrogens (tertiary/aromatic N) is 1. The van der Waals surface area contributed by atoms with Crippen molar-refractivity contribution in [1.29, 1.82) is 0 Å². The van der Waals surface area contributed by atoms with Gasteiger partial charge in [-0.3, -0.25) is 4.79 Å². The SMILES string of the molecule is C=CCN(CC=C)S(=O)(=O)C(C)C(=O)O. The van der Waals surface area contributed by atoms with Crippen LogP contribution in [0.5, 0.6) is 0 Å². The van der Waals surface area contributed by atoms with Crippen molar-refractivity contribution in [3.05, 3.63) is 25.3 Å². The maximum Gasteiger partial charge on any atom is 0.323 e. The van der Waals surface area contributed by atoms with Gasteiger partial charge in [-0.05, 0) is 6.92 Å². The molecule has 0 rings (SSSR count). The summed E-state index contributed by atoms with van der Waals surface area (Å²) in [4.78, 5) is 10.6. The molecule has 86 valence electrons. The maximum absolute atomic E-state index is 11.7. The summed E-state index contributed by atoms with van der Waals surface area (Å²) in [7, 11) is -3.83. The van der Waals surface area contributed by atoms with Crippen molar-refractivity contribution in [2.24, 2.45) is 0 Å². The van der Waals surface area contributed by atoms with E-state index in [1.807, 2.05) is 0 Å². The minimum Gasteiger partial charge on any atom is -0.480 e. The third kappa shape index (κ3) is 3.49. The standard InChI is InChI=1S/C9H15NO4S/c1-4-6-10(7-5-2)15(13,14)8(3)9(11)12/h4-5,8H,1-2,6-7H2,3H3,(H,11,12). The molecule has 5 nitrogen and oxygen atoms in total. The smallest absolute Gasteiger partial charge is 0.323 e. The zero-order valence-corrected chi connectivity index (χ0v) is 9.40. The molecule has 6 heteroatoms. The second-order valence-corrected chi connectivity index (χ2v) is 5.17. The molecule has 0 amide bonds. The zero-order valence-electron chi connectivity index (χ0n) is 8.59. The number of aliphatic carboxylic acids is 1. The second-order valence-electron chi connectivity index (χ2n) is 2.92. The average Bonchev–Trinajstić information content (AvgIpc) is 2.16. The topological polar surface area (TPSA) is 74.7 Å². The van der Waals surface area contributed by atoms with E-state index in [2.05, 4.69) is 13.2 Å². The van der Waals surface area contributed by atoms with E-state index < -0.39 is 21.2 Å². The van der Waals surface area contributed by atoms with Crippen LogP contribution in [0.1, 0.15) is 6.92 Å². The zero-order chi connectivity index (χ0) is 12.1. The molecule has 0 heterocycles. The number of carboxylic acids is 1. The molecular formula is C9H15NO4S. The van der Waals surface area contributed by atoms with Gasteiger partial charge in [0.25, 0.3) is 0 Å². The van der Waals surface area contributed by atoms with E-state index >= 15 is 0 Å². The third-order valence-electron chi connectivity index (χ3n) is 1.82. The molecule has 0 aromatic carbocycles. The quantitative estimate of drug-likeness (QED) is 0.648. The highest BCUT2D eigenvalue weighted by atomic mass is 32.2. The van der Waals surface area contributed by atoms with Crippen LogP contribution >= 0.6 is 0 Å². The van der Waals surface area contributed by atoms with Crippen molar-refractivity contribution in [1.82, 2.24) is 4.31 Å². The first-order valence-electron chi connectivity index (χ1n) is 4.31. The molecule has 1 N–H and O–H groups in total. The van der Waals surface area contributed by atoms with Crippen LogP contribution < -0.4 is 0 Å². The molecular weight excluding hydrogens is 218 g/mol. The lowest BCUT2D eigenvalue weighted by molar-refractivity contribution is -0.136. The summed E-state index contributed by atoms with van der Waals surface area (Å²) in [6.45, 7) is 8.11. The summed E-state index contributed by atoms with van der Waals surface area (Å²) in [5.41, 5.74) is 0. The van der Waals surface area contributed by atoms with Gasteiger partial charge < -0.3 is 5.11 Å². The molecule has 0 saturated heterocycles. The molecule has 0 aliphatic carbocycles. The van der Waals surface area contributed by atoms with Crippen molar-refractivity contribution in [3.8, 4) is 0 Å². The summed E-state index contributed by atoms with van der Waals surface area (Å²) >= 11 is 0. The van der Waals surface area contributed by atoms with Gasteiger partial charge in [-0.1, -0.05) is 12.2 Å². The first kappa shape index (κ1) is 13.9. The summed E-state index contributed by atoms with van der Waals surface area (Å²) in [5.74, 6) is -1.37. The largest absolute Gasteiger partial charge is 0.480 e. The Hall–Kier alpha value is -1.14. The predicted octanol–water partition coefficient (Wildman–Crippen LogP) is 0.463. The van der Waals surface area contributed by atoms with Crippen LogP contribution in [0.3, 0.4) is 0 Å². The Kier molecular flexibility index (Phi) is 5.24. The monoisotopic (exact) mass is 233 g/mol. The highest BCUT2D eigenvalue weighted by molar-refractivity contribution is 7.90. The minimum absolute atomic E-state index is 0.0754. The van der Waals surface area contributed by atoms with E-state index in [1.54, 1.807) is 0 Å². The first-order chi connectivity index (χ1) is 6.87. The molecule has 0 aliphatic rings. The molecule has 0 saturated carbocycles. The van der Waals surface area contributed by atoms with Gasteiger partial charge in [0.2, 0.25) is 10.0 Å². The molecule has 1 atom stereocenters. The van der Waals surface area contributed by atoms with Crippen molar-refractivity contribution in [2.75, 3.05) is 13.1 Å². The normalized spacial score (nSPS) is 13.5. The number of carboxylic acid groups (broad SMARTS) is 1. The van der Waals surface area contributed by atoms with E-state index in [-0.39, 0.29) is 13.1 Å². The fraction of sp³-hybridized carbons (Fsp3) is 0.444. The Balaban J connectivity index is 5.01. The van der Waals surface area contributed by atoms with E-state index in [0.29, 0.717) is 0 Å². The molecule has 0 bridgehead atoms. The molecule has 0 aliphatic heterocycles. The fourth-order valence-electron chi connectivity index (χ4n) is 0.921. The van der Waals surface area contributed by atoms with Crippen LogP contribution in [-0.4, -0.2) is 42.1 Å². The van der Waals surface area contributed by atoms with Crippen LogP contribution in [0.4, 0.5) is 0 Å². The van der Waals surface area contributed by atoms with Crippen LogP contribution in [0, 0.1) is 0 Å². The van der Waals surface area contributed by atoms with Crippen molar-refractivity contribution < 1.29 is 18.3 Å². The number of carbonyl (C=O) groups is 1. The van der Waals surface area contributed by atoms with E-state index in [4.69, 9.17) is 5.11 Å². The van der Waals surface area contributed by atoms with Gasteiger partial charge in [0.1, 0.15) is 0 Å². The van der Waals surface area contributed by atoms with Gasteiger partial charge in [-0.25, -0.2) is 8.42 Å². The lowest BCUT2D eigenvalue weighted by Gasteiger charge is -2.21. The molecule has 0 spiro atoms. The molecule has 0 aromatic heterocycles. The summed E-state index contributed by atoms with van der Waals surface area (Å²) < 4.78 is 24.4. The molecule has 0 fully saturated rings. The van der Waals surface area contributed by atoms with Gasteiger partial charge in [-0.2, -0.15) is 4.31 Å². The van der Waals surface area contributed by atoms with Gasteiger partial charge in [0.15, 0.2) is 5.25 Å². The first-order valence-corrected chi connectivity index (χ1v) is 5.81. The molecule has 1 unspecified atom stereocenters. The molecule has 0 aromatic rings. The highest BCUT2D eigenvalue weighted by Crippen LogP contribution is 2.09. The third-order valence-corrected chi connectivity index (χ3v) is 3.93. The van der Waals surface area contributed by atoms with E-state index in [9.17, 15) is 13.2 Å². The minimum atomic E-state index is -3.83. The summed E-state index contributed by atoms with van der Waals surface area (Å²) in [6, 6.07) is 0. The van der Waals surface area contributed by atoms with Crippen molar-refractivity contribution in [3.63, 3.8) is 0 Å². The summed E-state index contributed by atoms with van der Waals surface area (Å²) in [6.07, 6.45) is 2.80. The van der Waals surface area contributed by atoms with Crippen molar-refractivity contribution >= 4 is 16.0 Å². The van der Waals surface area contributed by atoms with Gasteiger partial charge in [0, 0.05) is 13.1 Å². The Labute approximate surface area is 89.8 Å². The van der Waals surface area contributed by atoms with E-state index in [1.165, 1.54) is 12.2 Å². The fourth-order valence-corrected chi connectivity index (χ4v) is 2.25. The number of sulfonamides is 1. The van der Waals surface area contributed by atoms with Crippen LogP contribution in [-0.2, 0) is 14.8 Å². The predicted molar refractivity (Wildman–Crippen MR) is 58.0 cm³/mol. The van der Waals surface area contributed by atoms with Gasteiger partial charge >= 0.3 is 5.97 Å². The van der Waals surface area contributed by atoms with Crippen LogP contribution in [0.25, 0.3) is 0 Å². The Morgan fingerprint density at radius 3 is 2.07 bits per heavy atom. The lowest BCUT2D eigenvalue weighted by Crippen LogP contribution is -2.41. The Morgan fingerprint density at radius 2 is 1.80 bits per heavy atom.